The lowest BCUT2D eigenvalue weighted by molar-refractivity contribution is 0.588. The Bertz CT molecular complexity index is 748. The van der Waals surface area contributed by atoms with Crippen molar-refractivity contribution in [2.45, 2.75) is 11.4 Å². The van der Waals surface area contributed by atoms with Gasteiger partial charge in [-0.05, 0) is 42.9 Å². The van der Waals surface area contributed by atoms with E-state index in [1.54, 1.807) is 18.2 Å². The lowest BCUT2D eigenvalue weighted by atomic mass is 10.2. The number of hydrogen-bond acceptors (Lipinski definition) is 4. The smallest absolute Gasteiger partial charge is 0.240 e. The molecule has 5 nitrogen and oxygen atoms in total. The van der Waals surface area contributed by atoms with Crippen LogP contribution in [0.4, 0.5) is 15.8 Å². The summed E-state index contributed by atoms with van der Waals surface area (Å²) >= 11 is 0. The van der Waals surface area contributed by atoms with Crippen LogP contribution in [0.5, 0.6) is 0 Å². The Morgan fingerprint density at radius 2 is 1.95 bits per heavy atom. The van der Waals surface area contributed by atoms with Crippen LogP contribution in [0.2, 0.25) is 0 Å². The fourth-order valence-corrected chi connectivity index (χ4v) is 2.60. The molecule has 0 atom stereocenters. The molecule has 7 heteroatoms. The maximum absolute atomic E-state index is 13.1. The van der Waals surface area contributed by atoms with Crippen LogP contribution in [0.1, 0.15) is 5.56 Å². The topological polar surface area (TPSA) is 84.2 Å². The van der Waals surface area contributed by atoms with Gasteiger partial charge in [0.2, 0.25) is 10.0 Å². The first-order chi connectivity index (χ1) is 9.92. The van der Waals surface area contributed by atoms with Crippen molar-refractivity contribution in [1.29, 1.82) is 0 Å². The average molecular weight is 309 g/mol. The van der Waals surface area contributed by atoms with Gasteiger partial charge in [0.25, 0.3) is 0 Å². The van der Waals surface area contributed by atoms with Gasteiger partial charge in [0.15, 0.2) is 0 Å². The lowest BCUT2D eigenvalue weighted by Crippen LogP contribution is -2.18. The highest BCUT2D eigenvalue weighted by Gasteiger charge is 2.12. The van der Waals surface area contributed by atoms with Gasteiger partial charge in [0.05, 0.1) is 16.3 Å². The Labute approximate surface area is 123 Å². The molecule has 0 amide bonds. The molecule has 0 aliphatic heterocycles. The average Bonchev–Trinajstić information content (AvgIpc) is 2.46. The molecule has 0 saturated carbocycles. The van der Waals surface area contributed by atoms with Gasteiger partial charge >= 0.3 is 0 Å². The van der Waals surface area contributed by atoms with Gasteiger partial charge in [0, 0.05) is 6.54 Å². The van der Waals surface area contributed by atoms with E-state index in [2.05, 4.69) is 10.0 Å². The first kappa shape index (κ1) is 15.3. The molecule has 4 N–H and O–H groups in total. The third-order valence-electron chi connectivity index (χ3n) is 2.97. The van der Waals surface area contributed by atoms with Gasteiger partial charge in [0.1, 0.15) is 5.82 Å². The van der Waals surface area contributed by atoms with E-state index in [1.807, 2.05) is 0 Å². The van der Waals surface area contributed by atoms with Crippen molar-refractivity contribution in [3.63, 3.8) is 0 Å². The SMILES string of the molecule is CNS(=O)(=O)c1ccc(NCc2cccc(F)c2)c(N)c1. The summed E-state index contributed by atoms with van der Waals surface area (Å²) in [6, 6.07) is 10.6. The number of hydrogen-bond donors (Lipinski definition) is 3. The quantitative estimate of drug-likeness (QED) is 0.737. The van der Waals surface area contributed by atoms with E-state index in [0.717, 1.165) is 5.56 Å². The van der Waals surface area contributed by atoms with Crippen molar-refractivity contribution in [3.05, 3.63) is 53.8 Å². The summed E-state index contributed by atoms with van der Waals surface area (Å²) in [6.45, 7) is 0.389. The normalized spacial score (nSPS) is 11.3. The summed E-state index contributed by atoms with van der Waals surface area (Å²) < 4.78 is 38.6. The van der Waals surface area contributed by atoms with Crippen molar-refractivity contribution in [2.24, 2.45) is 0 Å². The number of benzene rings is 2. The fraction of sp³-hybridized carbons (Fsp3) is 0.143. The highest BCUT2D eigenvalue weighted by Crippen LogP contribution is 2.23. The largest absolute Gasteiger partial charge is 0.397 e. The summed E-state index contributed by atoms with van der Waals surface area (Å²) in [7, 11) is -2.18. The van der Waals surface area contributed by atoms with E-state index < -0.39 is 10.0 Å². The minimum Gasteiger partial charge on any atom is -0.397 e. The number of nitrogen functional groups attached to an aromatic ring is 1. The van der Waals surface area contributed by atoms with E-state index in [-0.39, 0.29) is 10.7 Å². The standard InChI is InChI=1S/C14H16FN3O2S/c1-17-21(19,20)12-5-6-14(13(16)8-12)18-9-10-3-2-4-11(15)7-10/h2-8,17-18H,9,16H2,1H3. The molecule has 2 aromatic rings. The number of nitrogens with one attached hydrogen (secondary N) is 2. The third-order valence-corrected chi connectivity index (χ3v) is 4.39. The van der Waals surface area contributed by atoms with Crippen LogP contribution in [0.15, 0.2) is 47.4 Å². The molecule has 0 aliphatic carbocycles. The van der Waals surface area contributed by atoms with E-state index in [4.69, 9.17) is 5.73 Å². The minimum atomic E-state index is -3.52. The minimum absolute atomic E-state index is 0.0961. The van der Waals surface area contributed by atoms with Crippen molar-refractivity contribution < 1.29 is 12.8 Å². The second-order valence-electron chi connectivity index (χ2n) is 4.44. The number of sulfonamides is 1. The Kier molecular flexibility index (Phi) is 4.44. The van der Waals surface area contributed by atoms with Crippen molar-refractivity contribution in [1.82, 2.24) is 4.72 Å². The van der Waals surface area contributed by atoms with E-state index in [1.165, 1.54) is 31.3 Å². The molecule has 0 bridgehead atoms. The van der Waals surface area contributed by atoms with Crippen LogP contribution in [-0.4, -0.2) is 15.5 Å². The molecular weight excluding hydrogens is 293 g/mol. The summed E-state index contributed by atoms with van der Waals surface area (Å²) in [5.41, 5.74) is 7.50. The van der Waals surface area contributed by atoms with Crippen LogP contribution in [0, 0.1) is 5.82 Å². The first-order valence-corrected chi connectivity index (χ1v) is 7.72. The van der Waals surface area contributed by atoms with Gasteiger partial charge in [-0.15, -0.1) is 0 Å². The Morgan fingerprint density at radius 3 is 2.57 bits per heavy atom. The second kappa shape index (κ2) is 6.11. The summed E-state index contributed by atoms with van der Waals surface area (Å²) in [5.74, 6) is -0.308. The molecule has 2 rings (SSSR count). The van der Waals surface area contributed by atoms with E-state index in [0.29, 0.717) is 17.9 Å². The molecule has 0 heterocycles. The highest BCUT2D eigenvalue weighted by molar-refractivity contribution is 7.89. The molecular formula is C14H16FN3O2S. The summed E-state index contributed by atoms with van der Waals surface area (Å²) in [4.78, 5) is 0.0961. The number of rotatable bonds is 5. The van der Waals surface area contributed by atoms with Gasteiger partial charge in [-0.2, -0.15) is 0 Å². The van der Waals surface area contributed by atoms with Crippen LogP contribution in [-0.2, 0) is 16.6 Å². The van der Waals surface area contributed by atoms with Gasteiger partial charge in [-0.3, -0.25) is 0 Å². The Morgan fingerprint density at radius 1 is 1.19 bits per heavy atom. The lowest BCUT2D eigenvalue weighted by Gasteiger charge is -2.11. The fourth-order valence-electron chi connectivity index (χ4n) is 1.83. The molecule has 112 valence electrons. The van der Waals surface area contributed by atoms with Crippen LogP contribution >= 0.6 is 0 Å². The first-order valence-electron chi connectivity index (χ1n) is 6.24. The molecule has 2 aromatic carbocycles. The zero-order valence-electron chi connectivity index (χ0n) is 11.4. The van der Waals surface area contributed by atoms with Crippen LogP contribution < -0.4 is 15.8 Å². The van der Waals surface area contributed by atoms with Gasteiger partial charge in [-0.1, -0.05) is 12.1 Å². The van der Waals surface area contributed by atoms with Gasteiger partial charge < -0.3 is 11.1 Å². The second-order valence-corrected chi connectivity index (χ2v) is 6.33. The van der Waals surface area contributed by atoms with Crippen LogP contribution in [0.25, 0.3) is 0 Å². The molecule has 21 heavy (non-hydrogen) atoms. The molecule has 0 aliphatic rings. The Hall–Kier alpha value is -2.12. The molecule has 0 unspecified atom stereocenters. The maximum Gasteiger partial charge on any atom is 0.240 e. The molecule has 0 aromatic heterocycles. The molecule has 0 saturated heterocycles. The predicted molar refractivity (Wildman–Crippen MR) is 80.8 cm³/mol. The third kappa shape index (κ3) is 3.71. The number of nitrogens with two attached hydrogens (primary N) is 1. The zero-order chi connectivity index (χ0) is 15.5. The zero-order valence-corrected chi connectivity index (χ0v) is 12.2. The highest BCUT2D eigenvalue weighted by atomic mass is 32.2. The van der Waals surface area contributed by atoms with Gasteiger partial charge in [-0.25, -0.2) is 17.5 Å². The number of anilines is 2. The summed E-state index contributed by atoms with van der Waals surface area (Å²) in [5, 5.41) is 3.05. The Balaban J connectivity index is 2.15. The molecule has 0 radical (unpaired) electrons. The monoisotopic (exact) mass is 309 g/mol. The van der Waals surface area contributed by atoms with Crippen molar-refractivity contribution in [3.8, 4) is 0 Å². The van der Waals surface area contributed by atoms with E-state index in [9.17, 15) is 12.8 Å². The maximum atomic E-state index is 13.1. The molecule has 0 spiro atoms. The molecule has 0 fully saturated rings. The predicted octanol–water partition coefficient (Wildman–Crippen LogP) is 1.93. The van der Waals surface area contributed by atoms with E-state index >= 15 is 0 Å². The summed E-state index contributed by atoms with van der Waals surface area (Å²) in [6.07, 6.45) is 0. The van der Waals surface area contributed by atoms with Crippen LogP contribution in [0.3, 0.4) is 0 Å². The van der Waals surface area contributed by atoms with Crippen molar-refractivity contribution in [2.75, 3.05) is 18.1 Å². The van der Waals surface area contributed by atoms with Crippen molar-refractivity contribution >= 4 is 21.4 Å². The number of halogens is 1.